The Morgan fingerprint density at radius 2 is 1.84 bits per heavy atom. The van der Waals surface area contributed by atoms with E-state index in [4.69, 9.17) is 4.74 Å². The van der Waals surface area contributed by atoms with Gasteiger partial charge in [0.1, 0.15) is 11.4 Å². The molecular formula is C19H26N4O2. The summed E-state index contributed by atoms with van der Waals surface area (Å²) in [5, 5.41) is 6.06. The molecule has 0 atom stereocenters. The Hall–Kier alpha value is -2.63. The quantitative estimate of drug-likeness (QED) is 0.863. The first-order valence-corrected chi connectivity index (χ1v) is 8.35. The molecule has 0 aliphatic carbocycles. The number of anilines is 2. The molecule has 134 valence electrons. The highest BCUT2D eigenvalue weighted by molar-refractivity contribution is 5.93. The van der Waals surface area contributed by atoms with Gasteiger partial charge in [0.15, 0.2) is 0 Å². The van der Waals surface area contributed by atoms with E-state index in [1.54, 1.807) is 6.07 Å². The minimum Gasteiger partial charge on any atom is -0.489 e. The van der Waals surface area contributed by atoms with Gasteiger partial charge in [0.05, 0.1) is 11.8 Å². The monoisotopic (exact) mass is 342 g/mol. The number of hydrogen-bond donors (Lipinski definition) is 2. The normalized spacial score (nSPS) is 11.3. The molecule has 2 aromatic rings. The van der Waals surface area contributed by atoms with E-state index in [9.17, 15) is 4.79 Å². The Labute approximate surface area is 149 Å². The van der Waals surface area contributed by atoms with Crippen LogP contribution in [-0.2, 0) is 0 Å². The fourth-order valence-electron chi connectivity index (χ4n) is 2.19. The molecule has 0 saturated carbocycles. The third kappa shape index (κ3) is 5.74. The molecule has 1 aromatic heterocycles. The fourth-order valence-corrected chi connectivity index (χ4v) is 2.19. The third-order valence-electron chi connectivity index (χ3n) is 3.07. The molecule has 0 unspecified atom stereocenters. The van der Waals surface area contributed by atoms with Crippen molar-refractivity contribution in [3.63, 3.8) is 0 Å². The van der Waals surface area contributed by atoms with Gasteiger partial charge >= 0.3 is 0 Å². The number of carbonyl (C=O) groups is 1. The molecule has 6 heteroatoms. The maximum absolute atomic E-state index is 12.4. The Kier molecular flexibility index (Phi) is 5.62. The van der Waals surface area contributed by atoms with Gasteiger partial charge in [0.2, 0.25) is 5.95 Å². The molecular weight excluding hydrogens is 316 g/mol. The second kappa shape index (κ2) is 7.51. The minimum absolute atomic E-state index is 0.0505. The molecule has 0 fully saturated rings. The number of hydrogen-bond acceptors (Lipinski definition) is 5. The lowest BCUT2D eigenvalue weighted by atomic mass is 10.1. The van der Waals surface area contributed by atoms with Crippen LogP contribution in [0.15, 0.2) is 30.3 Å². The molecule has 2 N–H and O–H groups in total. The Bertz CT molecular complexity index is 751. The topological polar surface area (TPSA) is 76.1 Å². The Balaban J connectivity index is 2.28. The molecule has 0 spiro atoms. The lowest BCUT2D eigenvalue weighted by Crippen LogP contribution is -2.41. The van der Waals surface area contributed by atoms with Gasteiger partial charge in [-0.3, -0.25) is 4.79 Å². The summed E-state index contributed by atoms with van der Waals surface area (Å²) >= 11 is 0. The fraction of sp³-hybridized carbons (Fsp3) is 0.421. The summed E-state index contributed by atoms with van der Waals surface area (Å²) in [5.74, 6) is 0.843. The van der Waals surface area contributed by atoms with Crippen molar-refractivity contribution in [1.29, 1.82) is 0 Å². The number of nitrogens with zero attached hydrogens (tertiary/aromatic N) is 2. The van der Waals surface area contributed by atoms with Crippen LogP contribution in [0, 0.1) is 6.92 Å². The Morgan fingerprint density at radius 3 is 2.48 bits per heavy atom. The smallest absolute Gasteiger partial charge is 0.270 e. The van der Waals surface area contributed by atoms with Gasteiger partial charge in [-0.15, -0.1) is 0 Å². The number of ether oxygens (including phenoxy) is 1. The maximum atomic E-state index is 12.4. The summed E-state index contributed by atoms with van der Waals surface area (Å²) in [6, 6.07) is 9.24. The SMILES string of the molecule is Cc1cc(C(=O)NC(C)(C)C)nc(Nc2ccccc2OC(C)C)n1. The van der Waals surface area contributed by atoms with E-state index >= 15 is 0 Å². The van der Waals surface area contributed by atoms with Gasteiger partial charge in [-0.25, -0.2) is 9.97 Å². The van der Waals surface area contributed by atoms with Gasteiger partial charge < -0.3 is 15.4 Å². The zero-order valence-corrected chi connectivity index (χ0v) is 15.7. The molecule has 25 heavy (non-hydrogen) atoms. The van der Waals surface area contributed by atoms with Crippen LogP contribution in [0.5, 0.6) is 5.75 Å². The van der Waals surface area contributed by atoms with E-state index in [-0.39, 0.29) is 17.6 Å². The summed E-state index contributed by atoms with van der Waals surface area (Å²) in [5.41, 5.74) is 1.45. The van der Waals surface area contributed by atoms with E-state index in [0.717, 1.165) is 5.69 Å². The molecule has 0 aliphatic rings. The van der Waals surface area contributed by atoms with Crippen LogP contribution in [0.4, 0.5) is 11.6 Å². The predicted molar refractivity (Wildman–Crippen MR) is 99.5 cm³/mol. The third-order valence-corrected chi connectivity index (χ3v) is 3.07. The summed E-state index contributed by atoms with van der Waals surface area (Å²) in [6.07, 6.45) is 0.0505. The van der Waals surface area contributed by atoms with Crippen molar-refractivity contribution in [3.8, 4) is 5.75 Å². The molecule has 6 nitrogen and oxygen atoms in total. The molecule has 1 amide bonds. The number of carbonyl (C=O) groups excluding carboxylic acids is 1. The molecule has 1 aromatic carbocycles. The average molecular weight is 342 g/mol. The summed E-state index contributed by atoms with van der Waals surface area (Å²) < 4.78 is 5.79. The standard InChI is InChI=1S/C19H26N4O2/c1-12(2)25-16-10-8-7-9-14(16)21-18-20-13(3)11-15(22-18)17(24)23-19(4,5)6/h7-12H,1-6H3,(H,23,24)(H,20,21,22). The molecule has 0 bridgehead atoms. The second-order valence-electron chi connectivity index (χ2n) is 7.21. The van der Waals surface area contributed by atoms with Crippen molar-refractivity contribution < 1.29 is 9.53 Å². The van der Waals surface area contributed by atoms with Crippen LogP contribution in [0.3, 0.4) is 0 Å². The van der Waals surface area contributed by atoms with E-state index in [2.05, 4.69) is 20.6 Å². The highest BCUT2D eigenvalue weighted by Gasteiger charge is 2.18. The van der Waals surface area contributed by atoms with Crippen LogP contribution in [0.1, 0.15) is 50.8 Å². The molecule has 0 aliphatic heterocycles. The summed E-state index contributed by atoms with van der Waals surface area (Å²) in [7, 11) is 0. The molecule has 1 heterocycles. The average Bonchev–Trinajstić information content (AvgIpc) is 2.46. The van der Waals surface area contributed by atoms with E-state index in [1.807, 2.05) is 65.8 Å². The number of rotatable bonds is 5. The van der Waals surface area contributed by atoms with Crippen LogP contribution in [0.25, 0.3) is 0 Å². The van der Waals surface area contributed by atoms with E-state index < -0.39 is 0 Å². The van der Waals surface area contributed by atoms with Gasteiger partial charge in [0.25, 0.3) is 5.91 Å². The van der Waals surface area contributed by atoms with Gasteiger partial charge in [0, 0.05) is 11.2 Å². The first kappa shape index (κ1) is 18.7. The number of nitrogens with one attached hydrogen (secondary N) is 2. The number of aromatic nitrogens is 2. The van der Waals surface area contributed by atoms with Crippen molar-refractivity contribution in [2.24, 2.45) is 0 Å². The first-order valence-electron chi connectivity index (χ1n) is 8.35. The van der Waals surface area contributed by atoms with Crippen LogP contribution >= 0.6 is 0 Å². The largest absolute Gasteiger partial charge is 0.489 e. The Morgan fingerprint density at radius 1 is 1.16 bits per heavy atom. The van der Waals surface area contributed by atoms with Crippen molar-refractivity contribution >= 4 is 17.5 Å². The summed E-state index contributed by atoms with van der Waals surface area (Å²) in [6.45, 7) is 11.5. The van der Waals surface area contributed by atoms with Crippen LogP contribution in [0.2, 0.25) is 0 Å². The highest BCUT2D eigenvalue weighted by atomic mass is 16.5. The van der Waals surface area contributed by atoms with Crippen LogP contribution in [-0.4, -0.2) is 27.5 Å². The molecule has 0 saturated heterocycles. The number of aryl methyl sites for hydroxylation is 1. The molecule has 2 rings (SSSR count). The van der Waals surface area contributed by atoms with E-state index in [0.29, 0.717) is 23.1 Å². The lowest BCUT2D eigenvalue weighted by Gasteiger charge is -2.20. The van der Waals surface area contributed by atoms with Gasteiger partial charge in [-0.05, 0) is 59.7 Å². The van der Waals surface area contributed by atoms with Gasteiger partial charge in [-0.1, -0.05) is 12.1 Å². The highest BCUT2D eigenvalue weighted by Crippen LogP contribution is 2.27. The van der Waals surface area contributed by atoms with Gasteiger partial charge in [-0.2, -0.15) is 0 Å². The van der Waals surface area contributed by atoms with Crippen molar-refractivity contribution in [1.82, 2.24) is 15.3 Å². The lowest BCUT2D eigenvalue weighted by molar-refractivity contribution is 0.0914. The van der Waals surface area contributed by atoms with Crippen molar-refractivity contribution in [3.05, 3.63) is 41.7 Å². The number of benzene rings is 1. The predicted octanol–water partition coefficient (Wildman–Crippen LogP) is 3.84. The number of para-hydroxylation sites is 2. The minimum atomic E-state index is -0.332. The zero-order valence-electron chi connectivity index (χ0n) is 15.7. The van der Waals surface area contributed by atoms with E-state index in [1.165, 1.54) is 0 Å². The van der Waals surface area contributed by atoms with Crippen molar-refractivity contribution in [2.75, 3.05) is 5.32 Å². The maximum Gasteiger partial charge on any atom is 0.270 e. The molecule has 0 radical (unpaired) electrons. The summed E-state index contributed by atoms with van der Waals surface area (Å²) in [4.78, 5) is 21.1. The number of amides is 1. The van der Waals surface area contributed by atoms with Crippen LogP contribution < -0.4 is 15.4 Å². The zero-order chi connectivity index (χ0) is 18.6. The second-order valence-corrected chi connectivity index (χ2v) is 7.21. The van der Waals surface area contributed by atoms with Crippen molar-refractivity contribution in [2.45, 2.75) is 53.2 Å². The first-order chi connectivity index (χ1) is 11.6.